The van der Waals surface area contributed by atoms with Crippen molar-refractivity contribution in [2.24, 2.45) is 17.6 Å². The Labute approximate surface area is 75.9 Å². The number of hydrogen-bond donors (Lipinski definition) is 2. The molecule has 1 saturated carbocycles. The summed E-state index contributed by atoms with van der Waals surface area (Å²) in [5, 5.41) is 3.57. The zero-order chi connectivity index (χ0) is 8.97. The molecule has 12 heavy (non-hydrogen) atoms. The Kier molecular flexibility index (Phi) is 4.02. The van der Waals surface area contributed by atoms with Gasteiger partial charge >= 0.3 is 0 Å². The van der Waals surface area contributed by atoms with Crippen LogP contribution in [-0.2, 0) is 0 Å². The summed E-state index contributed by atoms with van der Waals surface area (Å²) in [6.07, 6.45) is 4.15. The molecule has 0 aromatic carbocycles. The zero-order valence-electron chi connectivity index (χ0n) is 8.34. The molecule has 2 heteroatoms. The SMILES string of the molecule is CC(C)C(CN)CNC1CCC1. The summed E-state index contributed by atoms with van der Waals surface area (Å²) in [5.74, 6) is 1.37. The Hall–Kier alpha value is -0.0800. The van der Waals surface area contributed by atoms with Crippen molar-refractivity contribution in [3.63, 3.8) is 0 Å². The van der Waals surface area contributed by atoms with Gasteiger partial charge < -0.3 is 11.1 Å². The fourth-order valence-electron chi connectivity index (χ4n) is 1.52. The predicted molar refractivity (Wildman–Crippen MR) is 53.0 cm³/mol. The minimum absolute atomic E-state index is 0.658. The van der Waals surface area contributed by atoms with Crippen LogP contribution in [0.1, 0.15) is 33.1 Å². The Bertz CT molecular complexity index is 119. The molecule has 0 heterocycles. The third-order valence-electron chi connectivity index (χ3n) is 3.02. The van der Waals surface area contributed by atoms with Crippen molar-refractivity contribution in [3.05, 3.63) is 0 Å². The van der Waals surface area contributed by atoms with Gasteiger partial charge in [-0.2, -0.15) is 0 Å². The maximum absolute atomic E-state index is 5.68. The summed E-state index contributed by atoms with van der Waals surface area (Å²) < 4.78 is 0. The van der Waals surface area contributed by atoms with Crippen LogP contribution in [0.4, 0.5) is 0 Å². The fraction of sp³-hybridized carbons (Fsp3) is 1.00. The van der Waals surface area contributed by atoms with Gasteiger partial charge in [0.25, 0.3) is 0 Å². The number of rotatable bonds is 5. The third kappa shape index (κ3) is 2.76. The fourth-order valence-corrected chi connectivity index (χ4v) is 1.52. The molecule has 1 fully saturated rings. The van der Waals surface area contributed by atoms with E-state index >= 15 is 0 Å². The van der Waals surface area contributed by atoms with E-state index in [1.807, 2.05) is 0 Å². The van der Waals surface area contributed by atoms with Crippen LogP contribution < -0.4 is 11.1 Å². The van der Waals surface area contributed by atoms with Gasteiger partial charge in [-0.05, 0) is 37.8 Å². The summed E-state index contributed by atoms with van der Waals surface area (Å²) in [4.78, 5) is 0. The highest BCUT2D eigenvalue weighted by Crippen LogP contribution is 2.18. The lowest BCUT2D eigenvalue weighted by atomic mass is 9.91. The van der Waals surface area contributed by atoms with E-state index < -0.39 is 0 Å². The third-order valence-corrected chi connectivity index (χ3v) is 3.02. The van der Waals surface area contributed by atoms with Gasteiger partial charge in [-0.1, -0.05) is 20.3 Å². The van der Waals surface area contributed by atoms with Crippen molar-refractivity contribution in [1.29, 1.82) is 0 Å². The van der Waals surface area contributed by atoms with Crippen LogP contribution in [0, 0.1) is 11.8 Å². The number of nitrogens with two attached hydrogens (primary N) is 1. The molecule has 72 valence electrons. The van der Waals surface area contributed by atoms with E-state index in [4.69, 9.17) is 5.73 Å². The van der Waals surface area contributed by atoms with Crippen LogP contribution in [0.3, 0.4) is 0 Å². The van der Waals surface area contributed by atoms with Gasteiger partial charge in [0.2, 0.25) is 0 Å². The van der Waals surface area contributed by atoms with Crippen molar-refractivity contribution >= 4 is 0 Å². The zero-order valence-corrected chi connectivity index (χ0v) is 8.34. The van der Waals surface area contributed by atoms with Crippen molar-refractivity contribution in [1.82, 2.24) is 5.32 Å². The Morgan fingerprint density at radius 1 is 1.42 bits per heavy atom. The van der Waals surface area contributed by atoms with Crippen LogP contribution in [-0.4, -0.2) is 19.1 Å². The molecule has 2 nitrogen and oxygen atoms in total. The number of hydrogen-bond acceptors (Lipinski definition) is 2. The van der Waals surface area contributed by atoms with Crippen LogP contribution in [0.2, 0.25) is 0 Å². The molecule has 1 atom stereocenters. The lowest BCUT2D eigenvalue weighted by Crippen LogP contribution is -2.41. The van der Waals surface area contributed by atoms with Crippen molar-refractivity contribution in [3.8, 4) is 0 Å². The molecule has 0 aromatic heterocycles. The largest absolute Gasteiger partial charge is 0.330 e. The highest BCUT2D eigenvalue weighted by atomic mass is 14.9. The minimum atomic E-state index is 0.658. The summed E-state index contributed by atoms with van der Waals surface area (Å²) in [6, 6.07) is 0.804. The molecule has 0 aliphatic heterocycles. The molecule has 1 aliphatic carbocycles. The molecule has 1 aliphatic rings. The Balaban J connectivity index is 2.09. The molecular weight excluding hydrogens is 148 g/mol. The monoisotopic (exact) mass is 170 g/mol. The molecule has 3 N–H and O–H groups in total. The van der Waals surface area contributed by atoms with E-state index in [9.17, 15) is 0 Å². The smallest absolute Gasteiger partial charge is 0.00672 e. The van der Waals surface area contributed by atoms with Gasteiger partial charge in [0, 0.05) is 6.04 Å². The second-order valence-corrected chi connectivity index (χ2v) is 4.28. The van der Waals surface area contributed by atoms with Gasteiger partial charge in [0.05, 0.1) is 0 Å². The van der Waals surface area contributed by atoms with Crippen LogP contribution in [0.25, 0.3) is 0 Å². The van der Waals surface area contributed by atoms with Gasteiger partial charge in [0.15, 0.2) is 0 Å². The maximum atomic E-state index is 5.68. The molecule has 0 aromatic rings. The second-order valence-electron chi connectivity index (χ2n) is 4.28. The lowest BCUT2D eigenvalue weighted by molar-refractivity contribution is 0.290. The first-order chi connectivity index (χ1) is 5.74. The molecule has 0 amide bonds. The van der Waals surface area contributed by atoms with Crippen molar-refractivity contribution in [2.45, 2.75) is 39.2 Å². The predicted octanol–water partition coefficient (Wildman–Crippen LogP) is 1.36. The summed E-state index contributed by atoms with van der Waals surface area (Å²) >= 11 is 0. The molecule has 1 rings (SSSR count). The normalized spacial score (nSPS) is 21.0. The molecule has 0 spiro atoms. The summed E-state index contributed by atoms with van der Waals surface area (Å²) in [5.41, 5.74) is 5.68. The van der Waals surface area contributed by atoms with E-state index in [0.29, 0.717) is 11.8 Å². The van der Waals surface area contributed by atoms with Crippen LogP contribution in [0.15, 0.2) is 0 Å². The van der Waals surface area contributed by atoms with Crippen LogP contribution in [0.5, 0.6) is 0 Å². The van der Waals surface area contributed by atoms with Crippen molar-refractivity contribution in [2.75, 3.05) is 13.1 Å². The molecule has 0 saturated heterocycles. The first kappa shape index (κ1) is 10.0. The van der Waals surface area contributed by atoms with E-state index in [-0.39, 0.29) is 0 Å². The standard InChI is InChI=1S/C10H22N2/c1-8(2)9(6-11)7-12-10-4-3-5-10/h8-10,12H,3-7,11H2,1-2H3. The average molecular weight is 170 g/mol. The minimum Gasteiger partial charge on any atom is -0.330 e. The van der Waals surface area contributed by atoms with Gasteiger partial charge in [-0.15, -0.1) is 0 Å². The van der Waals surface area contributed by atoms with E-state index in [1.165, 1.54) is 19.3 Å². The van der Waals surface area contributed by atoms with E-state index in [0.717, 1.165) is 19.1 Å². The first-order valence-corrected chi connectivity index (χ1v) is 5.17. The van der Waals surface area contributed by atoms with Crippen LogP contribution >= 0.6 is 0 Å². The molecule has 0 radical (unpaired) electrons. The highest BCUT2D eigenvalue weighted by molar-refractivity contribution is 4.78. The molecule has 0 bridgehead atoms. The lowest BCUT2D eigenvalue weighted by Gasteiger charge is -2.29. The molecular formula is C10H22N2. The van der Waals surface area contributed by atoms with Crippen molar-refractivity contribution < 1.29 is 0 Å². The Morgan fingerprint density at radius 3 is 2.42 bits per heavy atom. The second kappa shape index (κ2) is 4.83. The van der Waals surface area contributed by atoms with Gasteiger partial charge in [-0.25, -0.2) is 0 Å². The highest BCUT2D eigenvalue weighted by Gasteiger charge is 2.18. The molecule has 1 unspecified atom stereocenters. The summed E-state index contributed by atoms with van der Waals surface area (Å²) in [6.45, 7) is 6.43. The van der Waals surface area contributed by atoms with Gasteiger partial charge in [0.1, 0.15) is 0 Å². The van der Waals surface area contributed by atoms with E-state index in [1.54, 1.807) is 0 Å². The maximum Gasteiger partial charge on any atom is 0.00672 e. The average Bonchev–Trinajstić information content (AvgIpc) is 1.93. The Morgan fingerprint density at radius 2 is 2.08 bits per heavy atom. The summed E-state index contributed by atoms with van der Waals surface area (Å²) in [7, 11) is 0. The van der Waals surface area contributed by atoms with E-state index in [2.05, 4.69) is 19.2 Å². The number of nitrogens with one attached hydrogen (secondary N) is 1. The quantitative estimate of drug-likeness (QED) is 0.654. The topological polar surface area (TPSA) is 38.0 Å². The van der Waals surface area contributed by atoms with Gasteiger partial charge in [-0.3, -0.25) is 0 Å². The first-order valence-electron chi connectivity index (χ1n) is 5.17.